The van der Waals surface area contributed by atoms with Crippen molar-refractivity contribution in [2.45, 2.75) is 39.2 Å². The molecule has 1 amide bonds. The maximum absolute atomic E-state index is 12.7. The van der Waals surface area contributed by atoms with E-state index in [2.05, 4.69) is 6.92 Å². The second-order valence-corrected chi connectivity index (χ2v) is 6.73. The SMILES string of the molecule is CCCCOc1ccc(C(=O)N2CCC(Oc3cc(C)oc(=O)c3)C2)cc1. The molecule has 1 aromatic carbocycles. The molecule has 0 saturated carbocycles. The van der Waals surface area contributed by atoms with Crippen molar-refractivity contribution in [2.24, 2.45) is 0 Å². The monoisotopic (exact) mass is 371 g/mol. The highest BCUT2D eigenvalue weighted by molar-refractivity contribution is 5.94. The highest BCUT2D eigenvalue weighted by Gasteiger charge is 2.28. The first-order chi connectivity index (χ1) is 13.0. The van der Waals surface area contributed by atoms with E-state index >= 15 is 0 Å². The quantitative estimate of drug-likeness (QED) is 0.698. The molecule has 1 fully saturated rings. The average molecular weight is 371 g/mol. The fraction of sp³-hybridized carbons (Fsp3) is 0.429. The molecule has 6 heteroatoms. The molecule has 2 heterocycles. The van der Waals surface area contributed by atoms with Crippen LogP contribution in [0.5, 0.6) is 11.5 Å². The Bertz CT molecular complexity index is 827. The van der Waals surface area contributed by atoms with Gasteiger partial charge in [-0.15, -0.1) is 0 Å². The van der Waals surface area contributed by atoms with Gasteiger partial charge in [0.05, 0.1) is 19.2 Å². The number of rotatable bonds is 7. The normalized spacial score (nSPS) is 16.4. The summed E-state index contributed by atoms with van der Waals surface area (Å²) in [6.07, 6.45) is 2.69. The summed E-state index contributed by atoms with van der Waals surface area (Å²) in [7, 11) is 0. The number of carbonyl (C=O) groups is 1. The van der Waals surface area contributed by atoms with Crippen LogP contribution in [0, 0.1) is 6.92 Å². The van der Waals surface area contributed by atoms with Gasteiger partial charge in [0.1, 0.15) is 23.4 Å². The molecule has 0 aliphatic carbocycles. The molecule has 0 bridgehead atoms. The second kappa shape index (κ2) is 8.75. The topological polar surface area (TPSA) is 69.0 Å². The lowest BCUT2D eigenvalue weighted by Gasteiger charge is -2.17. The highest BCUT2D eigenvalue weighted by atomic mass is 16.5. The molecule has 1 saturated heterocycles. The Hall–Kier alpha value is -2.76. The van der Waals surface area contributed by atoms with Crippen LogP contribution >= 0.6 is 0 Å². The van der Waals surface area contributed by atoms with Crippen molar-refractivity contribution in [2.75, 3.05) is 19.7 Å². The van der Waals surface area contributed by atoms with Crippen molar-refractivity contribution in [1.82, 2.24) is 4.90 Å². The molecule has 3 rings (SSSR count). The molecule has 1 aromatic heterocycles. The van der Waals surface area contributed by atoms with Gasteiger partial charge in [-0.05, 0) is 37.6 Å². The predicted octanol–water partition coefficient (Wildman–Crippen LogP) is 3.42. The number of aryl methyl sites for hydroxylation is 1. The summed E-state index contributed by atoms with van der Waals surface area (Å²) in [4.78, 5) is 25.9. The molecule has 0 spiro atoms. The minimum absolute atomic E-state index is 0.0232. The van der Waals surface area contributed by atoms with E-state index in [1.807, 2.05) is 12.1 Å². The Labute approximate surface area is 158 Å². The first-order valence-electron chi connectivity index (χ1n) is 9.35. The lowest BCUT2D eigenvalue weighted by atomic mass is 10.2. The molecular weight excluding hydrogens is 346 g/mol. The summed E-state index contributed by atoms with van der Waals surface area (Å²) < 4.78 is 16.4. The van der Waals surface area contributed by atoms with Gasteiger partial charge in [-0.3, -0.25) is 4.79 Å². The average Bonchev–Trinajstić information content (AvgIpc) is 3.09. The fourth-order valence-electron chi connectivity index (χ4n) is 3.06. The number of hydrogen-bond donors (Lipinski definition) is 0. The van der Waals surface area contributed by atoms with Crippen molar-refractivity contribution in [3.8, 4) is 11.5 Å². The zero-order valence-corrected chi connectivity index (χ0v) is 15.8. The van der Waals surface area contributed by atoms with Crippen molar-refractivity contribution < 1.29 is 18.7 Å². The van der Waals surface area contributed by atoms with Crippen LogP contribution in [0.2, 0.25) is 0 Å². The summed E-state index contributed by atoms with van der Waals surface area (Å²) in [5.74, 6) is 1.74. The molecule has 1 aliphatic heterocycles. The number of hydrogen-bond acceptors (Lipinski definition) is 5. The third kappa shape index (κ3) is 5.12. The van der Waals surface area contributed by atoms with Crippen LogP contribution in [-0.4, -0.2) is 36.6 Å². The van der Waals surface area contributed by atoms with E-state index in [-0.39, 0.29) is 12.0 Å². The maximum atomic E-state index is 12.7. The third-order valence-electron chi connectivity index (χ3n) is 4.47. The maximum Gasteiger partial charge on any atom is 0.339 e. The smallest absolute Gasteiger partial charge is 0.339 e. The van der Waals surface area contributed by atoms with Crippen molar-refractivity contribution in [3.05, 3.63) is 58.1 Å². The fourth-order valence-corrected chi connectivity index (χ4v) is 3.06. The van der Waals surface area contributed by atoms with Crippen molar-refractivity contribution in [3.63, 3.8) is 0 Å². The van der Waals surface area contributed by atoms with E-state index in [1.54, 1.807) is 30.0 Å². The second-order valence-electron chi connectivity index (χ2n) is 6.73. The minimum atomic E-state index is -0.433. The number of ether oxygens (including phenoxy) is 2. The molecule has 27 heavy (non-hydrogen) atoms. The zero-order chi connectivity index (χ0) is 19.2. The highest BCUT2D eigenvalue weighted by Crippen LogP contribution is 2.21. The van der Waals surface area contributed by atoms with Gasteiger partial charge in [0.25, 0.3) is 5.91 Å². The van der Waals surface area contributed by atoms with Crippen LogP contribution in [0.25, 0.3) is 0 Å². The summed E-state index contributed by atoms with van der Waals surface area (Å²) >= 11 is 0. The predicted molar refractivity (Wildman–Crippen MR) is 101 cm³/mol. The first-order valence-corrected chi connectivity index (χ1v) is 9.35. The number of nitrogens with zero attached hydrogens (tertiary/aromatic N) is 1. The van der Waals surface area contributed by atoms with E-state index in [1.165, 1.54) is 6.07 Å². The lowest BCUT2D eigenvalue weighted by Crippen LogP contribution is -2.31. The Balaban J connectivity index is 1.56. The minimum Gasteiger partial charge on any atom is -0.494 e. The van der Waals surface area contributed by atoms with Gasteiger partial charge in [0.15, 0.2) is 0 Å². The Morgan fingerprint density at radius 1 is 1.22 bits per heavy atom. The van der Waals surface area contributed by atoms with Gasteiger partial charge in [-0.2, -0.15) is 0 Å². The van der Waals surface area contributed by atoms with Crippen molar-refractivity contribution >= 4 is 5.91 Å². The number of carbonyl (C=O) groups excluding carboxylic acids is 1. The van der Waals surface area contributed by atoms with Gasteiger partial charge >= 0.3 is 5.63 Å². The van der Waals surface area contributed by atoms with Crippen LogP contribution in [0.15, 0.2) is 45.6 Å². The van der Waals surface area contributed by atoms with E-state index < -0.39 is 5.63 Å². The summed E-state index contributed by atoms with van der Waals surface area (Å²) in [5, 5.41) is 0. The lowest BCUT2D eigenvalue weighted by molar-refractivity contribution is 0.0772. The summed E-state index contributed by atoms with van der Waals surface area (Å²) in [5.41, 5.74) is 0.201. The van der Waals surface area contributed by atoms with Crippen LogP contribution in [0.3, 0.4) is 0 Å². The number of amides is 1. The molecule has 2 aromatic rings. The van der Waals surface area contributed by atoms with Crippen LogP contribution in [-0.2, 0) is 0 Å². The van der Waals surface area contributed by atoms with Gasteiger partial charge in [0, 0.05) is 24.6 Å². The van der Waals surface area contributed by atoms with E-state index in [0.29, 0.717) is 36.8 Å². The van der Waals surface area contributed by atoms with Gasteiger partial charge in [0.2, 0.25) is 0 Å². The molecule has 1 unspecified atom stereocenters. The van der Waals surface area contributed by atoms with Crippen molar-refractivity contribution in [1.29, 1.82) is 0 Å². The zero-order valence-electron chi connectivity index (χ0n) is 15.8. The Morgan fingerprint density at radius 2 is 2.00 bits per heavy atom. The Kier molecular flexibility index (Phi) is 6.16. The number of benzene rings is 1. The van der Waals surface area contributed by atoms with Crippen LogP contribution in [0.4, 0.5) is 0 Å². The molecule has 6 nitrogen and oxygen atoms in total. The van der Waals surface area contributed by atoms with Gasteiger partial charge in [-0.1, -0.05) is 13.3 Å². The summed E-state index contributed by atoms with van der Waals surface area (Å²) in [6, 6.07) is 10.3. The first kappa shape index (κ1) is 19.0. The summed E-state index contributed by atoms with van der Waals surface area (Å²) in [6.45, 7) is 5.62. The van der Waals surface area contributed by atoms with Gasteiger partial charge < -0.3 is 18.8 Å². The number of unbranched alkanes of at least 4 members (excludes halogenated alkanes) is 1. The van der Waals surface area contributed by atoms with E-state index in [0.717, 1.165) is 25.0 Å². The van der Waals surface area contributed by atoms with Crippen LogP contribution < -0.4 is 15.1 Å². The molecule has 1 aliphatic rings. The standard InChI is InChI=1S/C21H25NO5/c1-3-4-11-25-17-7-5-16(6-8-17)21(24)22-10-9-18(14-22)27-19-12-15(2)26-20(23)13-19/h5-8,12-13,18H,3-4,9-11,14H2,1-2H3. The largest absolute Gasteiger partial charge is 0.494 e. The molecular formula is C21H25NO5. The van der Waals surface area contributed by atoms with Gasteiger partial charge in [-0.25, -0.2) is 4.79 Å². The third-order valence-corrected chi connectivity index (χ3v) is 4.47. The Morgan fingerprint density at radius 3 is 2.70 bits per heavy atom. The molecule has 0 N–H and O–H groups in total. The molecule has 0 radical (unpaired) electrons. The van der Waals surface area contributed by atoms with Crippen LogP contribution in [0.1, 0.15) is 42.3 Å². The van der Waals surface area contributed by atoms with E-state index in [9.17, 15) is 9.59 Å². The number of likely N-dealkylation sites (tertiary alicyclic amines) is 1. The van der Waals surface area contributed by atoms with E-state index in [4.69, 9.17) is 13.9 Å². The molecule has 144 valence electrons. The molecule has 1 atom stereocenters.